The molecule has 2 N–H and O–H groups in total. The van der Waals surface area contributed by atoms with Crippen LogP contribution in [-0.2, 0) is 16.0 Å². The predicted octanol–water partition coefficient (Wildman–Crippen LogP) is 1.99. The molecule has 0 fully saturated rings. The number of amides is 2. The first-order valence-electron chi connectivity index (χ1n) is 6.96. The van der Waals surface area contributed by atoms with Gasteiger partial charge >= 0.3 is 11.8 Å². The largest absolute Gasteiger partial charge is 0.497 e. The summed E-state index contributed by atoms with van der Waals surface area (Å²) in [5.74, 6) is -0.520. The summed E-state index contributed by atoms with van der Waals surface area (Å²) in [5.41, 5.74) is 1.65. The van der Waals surface area contributed by atoms with Crippen LogP contribution < -0.4 is 15.4 Å². The lowest BCUT2D eigenvalue weighted by Crippen LogP contribution is -2.36. The summed E-state index contributed by atoms with van der Waals surface area (Å²) >= 11 is 0. The van der Waals surface area contributed by atoms with E-state index in [-0.39, 0.29) is 0 Å². The molecule has 0 atom stereocenters. The van der Waals surface area contributed by atoms with Crippen LogP contribution in [-0.4, -0.2) is 25.5 Å². The number of hydrogen-bond donors (Lipinski definition) is 2. The molecule has 0 saturated heterocycles. The Kier molecular flexibility index (Phi) is 5.54. The molecule has 5 nitrogen and oxygen atoms in total. The van der Waals surface area contributed by atoms with E-state index in [4.69, 9.17) is 4.74 Å². The van der Waals surface area contributed by atoms with Gasteiger partial charge in [-0.2, -0.15) is 0 Å². The molecule has 2 aromatic rings. The number of anilines is 1. The predicted molar refractivity (Wildman–Crippen MR) is 84.8 cm³/mol. The maximum absolute atomic E-state index is 11.7. The second-order valence-corrected chi connectivity index (χ2v) is 4.67. The molecule has 0 spiro atoms. The van der Waals surface area contributed by atoms with Crippen LogP contribution in [0, 0.1) is 0 Å². The van der Waals surface area contributed by atoms with Crippen molar-refractivity contribution < 1.29 is 14.3 Å². The standard InChI is InChI=1S/C17H18N2O3/c1-22-15-9-7-13(8-10-15)11-12-18-16(20)17(21)19-14-5-3-2-4-6-14/h2-10H,11-12H2,1H3,(H,18,20)(H,19,21). The lowest BCUT2D eigenvalue weighted by molar-refractivity contribution is -0.136. The van der Waals surface area contributed by atoms with Crippen LogP contribution in [0.3, 0.4) is 0 Å². The molecule has 0 bridgehead atoms. The molecule has 22 heavy (non-hydrogen) atoms. The van der Waals surface area contributed by atoms with Crippen molar-refractivity contribution in [1.82, 2.24) is 5.32 Å². The molecule has 0 heterocycles. The number of hydrogen-bond acceptors (Lipinski definition) is 3. The minimum absolute atomic E-state index is 0.396. The van der Waals surface area contributed by atoms with Gasteiger partial charge in [0.15, 0.2) is 0 Å². The van der Waals surface area contributed by atoms with E-state index in [0.717, 1.165) is 11.3 Å². The van der Waals surface area contributed by atoms with Gasteiger partial charge < -0.3 is 15.4 Å². The van der Waals surface area contributed by atoms with Crippen molar-refractivity contribution in [3.63, 3.8) is 0 Å². The molecule has 0 radical (unpaired) electrons. The van der Waals surface area contributed by atoms with Crippen LogP contribution in [0.15, 0.2) is 54.6 Å². The van der Waals surface area contributed by atoms with Gasteiger partial charge in [0.1, 0.15) is 5.75 Å². The van der Waals surface area contributed by atoms with Gasteiger partial charge in [-0.1, -0.05) is 30.3 Å². The summed E-state index contributed by atoms with van der Waals surface area (Å²) in [6.07, 6.45) is 0.647. The molecule has 5 heteroatoms. The van der Waals surface area contributed by atoms with Gasteiger partial charge in [-0.3, -0.25) is 9.59 Å². The Morgan fingerprint density at radius 1 is 0.955 bits per heavy atom. The summed E-state index contributed by atoms with van der Waals surface area (Å²) in [6.45, 7) is 0.396. The maximum Gasteiger partial charge on any atom is 0.313 e. The second-order valence-electron chi connectivity index (χ2n) is 4.67. The topological polar surface area (TPSA) is 67.4 Å². The van der Waals surface area contributed by atoms with Gasteiger partial charge in [-0.25, -0.2) is 0 Å². The lowest BCUT2D eigenvalue weighted by atomic mass is 10.1. The average Bonchev–Trinajstić information content (AvgIpc) is 2.56. The van der Waals surface area contributed by atoms with Gasteiger partial charge in [0, 0.05) is 12.2 Å². The SMILES string of the molecule is COc1ccc(CCNC(=O)C(=O)Nc2ccccc2)cc1. The van der Waals surface area contributed by atoms with Crippen LogP contribution in [0.4, 0.5) is 5.69 Å². The first-order valence-corrected chi connectivity index (χ1v) is 6.96. The quantitative estimate of drug-likeness (QED) is 0.830. The lowest BCUT2D eigenvalue weighted by Gasteiger charge is -2.07. The molecule has 114 valence electrons. The number of para-hydroxylation sites is 1. The third-order valence-electron chi connectivity index (χ3n) is 3.10. The van der Waals surface area contributed by atoms with Crippen molar-refractivity contribution in [3.05, 3.63) is 60.2 Å². The molecule has 0 saturated carbocycles. The summed E-state index contributed by atoms with van der Waals surface area (Å²) in [4.78, 5) is 23.4. The molecule has 0 aromatic heterocycles. The van der Waals surface area contributed by atoms with Crippen molar-refractivity contribution in [1.29, 1.82) is 0 Å². The summed E-state index contributed by atoms with van der Waals surface area (Å²) in [5, 5.41) is 5.14. The van der Waals surface area contributed by atoms with Crippen molar-refractivity contribution in [2.24, 2.45) is 0 Å². The number of nitrogens with one attached hydrogen (secondary N) is 2. The average molecular weight is 298 g/mol. The fourth-order valence-electron chi connectivity index (χ4n) is 1.90. The molecule has 0 aliphatic carbocycles. The summed E-state index contributed by atoms with van der Waals surface area (Å²) < 4.78 is 5.08. The Bertz CT molecular complexity index is 624. The molecule has 2 amide bonds. The van der Waals surface area contributed by atoms with Gasteiger partial charge in [0.05, 0.1) is 7.11 Å². The van der Waals surface area contributed by atoms with E-state index in [1.54, 1.807) is 31.4 Å². The van der Waals surface area contributed by atoms with E-state index in [2.05, 4.69) is 10.6 Å². The van der Waals surface area contributed by atoms with Crippen LogP contribution in [0.5, 0.6) is 5.75 Å². The van der Waals surface area contributed by atoms with Crippen LogP contribution in [0.2, 0.25) is 0 Å². The highest BCUT2D eigenvalue weighted by molar-refractivity contribution is 6.39. The smallest absolute Gasteiger partial charge is 0.313 e. The number of rotatable bonds is 5. The van der Waals surface area contributed by atoms with Gasteiger partial charge in [-0.15, -0.1) is 0 Å². The van der Waals surface area contributed by atoms with E-state index in [1.165, 1.54) is 0 Å². The maximum atomic E-state index is 11.7. The highest BCUT2D eigenvalue weighted by atomic mass is 16.5. The Morgan fingerprint density at radius 3 is 2.27 bits per heavy atom. The van der Waals surface area contributed by atoms with Gasteiger partial charge in [0.2, 0.25) is 0 Å². The number of carbonyl (C=O) groups excluding carboxylic acids is 2. The Morgan fingerprint density at radius 2 is 1.64 bits per heavy atom. The first kappa shape index (κ1) is 15.6. The third-order valence-corrected chi connectivity index (χ3v) is 3.10. The van der Waals surface area contributed by atoms with E-state index in [0.29, 0.717) is 18.7 Å². The fraction of sp³-hybridized carbons (Fsp3) is 0.176. The van der Waals surface area contributed by atoms with E-state index >= 15 is 0 Å². The van der Waals surface area contributed by atoms with Gasteiger partial charge in [-0.05, 0) is 36.2 Å². The Labute approximate surface area is 129 Å². The van der Waals surface area contributed by atoms with Crippen LogP contribution in [0.1, 0.15) is 5.56 Å². The van der Waals surface area contributed by atoms with Crippen LogP contribution in [0.25, 0.3) is 0 Å². The molecule has 0 unspecified atom stereocenters. The third kappa shape index (κ3) is 4.63. The van der Waals surface area contributed by atoms with Gasteiger partial charge in [0.25, 0.3) is 0 Å². The zero-order valence-corrected chi connectivity index (χ0v) is 12.3. The Hall–Kier alpha value is -2.82. The van der Waals surface area contributed by atoms with Crippen molar-refractivity contribution in [2.45, 2.75) is 6.42 Å². The number of benzene rings is 2. The minimum Gasteiger partial charge on any atom is -0.497 e. The van der Waals surface area contributed by atoms with Crippen molar-refractivity contribution in [3.8, 4) is 5.75 Å². The summed E-state index contributed by atoms with van der Waals surface area (Å²) in [6, 6.07) is 16.4. The van der Waals surface area contributed by atoms with Crippen molar-refractivity contribution in [2.75, 3.05) is 19.0 Å². The number of methoxy groups -OCH3 is 1. The zero-order valence-electron chi connectivity index (χ0n) is 12.3. The van der Waals surface area contributed by atoms with E-state index < -0.39 is 11.8 Å². The first-order chi connectivity index (χ1) is 10.7. The molecule has 0 aliphatic rings. The molecule has 0 aliphatic heterocycles. The summed E-state index contributed by atoms with van der Waals surface area (Å²) in [7, 11) is 1.61. The molecular weight excluding hydrogens is 280 g/mol. The van der Waals surface area contributed by atoms with Crippen molar-refractivity contribution >= 4 is 17.5 Å². The van der Waals surface area contributed by atoms with Crippen LogP contribution >= 0.6 is 0 Å². The van der Waals surface area contributed by atoms with E-state index in [9.17, 15) is 9.59 Å². The Balaban J connectivity index is 1.76. The number of carbonyl (C=O) groups is 2. The normalized spacial score (nSPS) is 9.86. The van der Waals surface area contributed by atoms with E-state index in [1.807, 2.05) is 30.3 Å². The monoisotopic (exact) mass is 298 g/mol. The minimum atomic E-state index is -0.666. The zero-order chi connectivity index (χ0) is 15.8. The molecule has 2 aromatic carbocycles. The highest BCUT2D eigenvalue weighted by Crippen LogP contribution is 2.11. The molecule has 2 rings (SSSR count). The number of ether oxygens (including phenoxy) is 1. The molecular formula is C17H18N2O3. The fourth-order valence-corrected chi connectivity index (χ4v) is 1.90. The highest BCUT2D eigenvalue weighted by Gasteiger charge is 2.12. The second kappa shape index (κ2) is 7.83.